The first-order chi connectivity index (χ1) is 16.7. The number of nitrogens with one attached hydrogen (secondary N) is 1. The van der Waals surface area contributed by atoms with Crippen LogP contribution >= 0.6 is 0 Å². The van der Waals surface area contributed by atoms with Crippen molar-refractivity contribution in [3.05, 3.63) is 59.7 Å². The summed E-state index contributed by atoms with van der Waals surface area (Å²) in [6.07, 6.45) is -1.19. The Morgan fingerprint density at radius 2 is 1.66 bits per heavy atom. The van der Waals surface area contributed by atoms with E-state index in [0.29, 0.717) is 13.0 Å². The van der Waals surface area contributed by atoms with E-state index in [2.05, 4.69) is 29.6 Å². The molecule has 186 valence electrons. The Hall–Kier alpha value is -3.39. The fourth-order valence-corrected chi connectivity index (χ4v) is 4.91. The number of carbonyl (C=O) groups is 3. The lowest BCUT2D eigenvalue weighted by Gasteiger charge is -2.37. The Bertz CT molecular complexity index is 1060. The second-order valence-electron chi connectivity index (χ2n) is 9.96. The van der Waals surface area contributed by atoms with Gasteiger partial charge in [-0.25, -0.2) is 4.79 Å². The van der Waals surface area contributed by atoms with Crippen LogP contribution in [0, 0.1) is 0 Å². The van der Waals surface area contributed by atoms with Gasteiger partial charge in [0, 0.05) is 24.6 Å². The van der Waals surface area contributed by atoms with Crippen LogP contribution in [0.15, 0.2) is 48.5 Å². The van der Waals surface area contributed by atoms with Gasteiger partial charge in [0.15, 0.2) is 6.10 Å². The smallest absolute Gasteiger partial charge is 0.407 e. The molecule has 0 radical (unpaired) electrons. The number of carbonyl (C=O) groups excluding carboxylic acids is 2. The summed E-state index contributed by atoms with van der Waals surface area (Å²) in [5.74, 6) is -1.37. The first kappa shape index (κ1) is 24.7. The van der Waals surface area contributed by atoms with E-state index in [0.717, 1.165) is 22.3 Å². The molecule has 2 N–H and O–H groups in total. The van der Waals surface area contributed by atoms with Crippen LogP contribution in [-0.4, -0.2) is 65.4 Å². The number of carboxylic acid groups (broad SMARTS) is 1. The van der Waals surface area contributed by atoms with Gasteiger partial charge in [-0.2, -0.15) is 0 Å². The van der Waals surface area contributed by atoms with E-state index in [1.165, 1.54) is 4.90 Å². The van der Waals surface area contributed by atoms with Crippen molar-refractivity contribution in [1.29, 1.82) is 0 Å². The van der Waals surface area contributed by atoms with Gasteiger partial charge in [-0.15, -0.1) is 0 Å². The Morgan fingerprint density at radius 1 is 1.06 bits per heavy atom. The van der Waals surface area contributed by atoms with E-state index in [4.69, 9.17) is 14.6 Å². The van der Waals surface area contributed by atoms with Gasteiger partial charge < -0.3 is 24.8 Å². The summed E-state index contributed by atoms with van der Waals surface area (Å²) in [6, 6.07) is 15.7. The Balaban J connectivity index is 1.40. The number of nitrogens with zero attached hydrogens (tertiary/aromatic N) is 1. The van der Waals surface area contributed by atoms with Gasteiger partial charge in [0.05, 0.1) is 12.5 Å². The highest BCUT2D eigenvalue weighted by atomic mass is 16.6. The lowest BCUT2D eigenvalue weighted by molar-refractivity contribution is -0.148. The molecule has 0 unspecified atom stereocenters. The third-order valence-corrected chi connectivity index (χ3v) is 6.61. The molecule has 0 bridgehead atoms. The van der Waals surface area contributed by atoms with Crippen LogP contribution in [0.2, 0.25) is 0 Å². The fourth-order valence-electron chi connectivity index (χ4n) is 4.91. The molecule has 1 fully saturated rings. The summed E-state index contributed by atoms with van der Waals surface area (Å²) in [6.45, 7) is 6.09. The number of benzene rings is 2. The SMILES string of the molecule is CC(C)(C)N(CCC(=O)O)C(=O)[C@H]1OCC[C@H]1NC(=O)OCC1c2ccccc2-c2ccccc21. The summed E-state index contributed by atoms with van der Waals surface area (Å²) in [7, 11) is 0. The Labute approximate surface area is 205 Å². The summed E-state index contributed by atoms with van der Waals surface area (Å²) in [5, 5.41) is 11.9. The average Bonchev–Trinajstić information content (AvgIpc) is 3.39. The molecule has 1 saturated heterocycles. The first-order valence-corrected chi connectivity index (χ1v) is 11.9. The number of carboxylic acids is 1. The molecule has 2 amide bonds. The minimum absolute atomic E-state index is 0.0576. The normalized spacial score (nSPS) is 19.1. The van der Waals surface area contributed by atoms with Crippen molar-refractivity contribution in [3.63, 3.8) is 0 Å². The van der Waals surface area contributed by atoms with E-state index in [1.807, 2.05) is 45.0 Å². The number of hydrogen-bond acceptors (Lipinski definition) is 5. The summed E-state index contributed by atoms with van der Waals surface area (Å²) in [4.78, 5) is 38.6. The molecule has 2 aliphatic rings. The van der Waals surface area contributed by atoms with Crippen molar-refractivity contribution in [2.45, 2.75) is 57.2 Å². The fraction of sp³-hybridized carbons (Fsp3) is 0.444. The summed E-state index contributed by atoms with van der Waals surface area (Å²) >= 11 is 0. The molecule has 8 nitrogen and oxygen atoms in total. The molecule has 0 saturated carbocycles. The maximum absolute atomic E-state index is 13.3. The molecule has 8 heteroatoms. The molecular formula is C27H32N2O6. The zero-order chi connectivity index (χ0) is 25.2. The minimum atomic E-state index is -0.979. The lowest BCUT2D eigenvalue weighted by atomic mass is 9.98. The van der Waals surface area contributed by atoms with Crippen LogP contribution in [0.4, 0.5) is 4.79 Å². The zero-order valence-corrected chi connectivity index (χ0v) is 20.3. The number of amides is 2. The summed E-state index contributed by atoms with van der Waals surface area (Å²) in [5.41, 5.74) is 3.95. The largest absolute Gasteiger partial charge is 0.481 e. The molecule has 0 aromatic heterocycles. The molecule has 2 aromatic carbocycles. The maximum atomic E-state index is 13.3. The topological polar surface area (TPSA) is 105 Å². The van der Waals surface area contributed by atoms with E-state index >= 15 is 0 Å². The molecule has 2 atom stereocenters. The van der Waals surface area contributed by atoms with Gasteiger partial charge in [-0.05, 0) is 49.4 Å². The van der Waals surface area contributed by atoms with E-state index in [-0.39, 0.29) is 31.4 Å². The molecule has 1 aliphatic carbocycles. The van der Waals surface area contributed by atoms with Crippen LogP contribution in [0.25, 0.3) is 11.1 Å². The predicted octanol–water partition coefficient (Wildman–Crippen LogP) is 3.78. The van der Waals surface area contributed by atoms with Crippen LogP contribution < -0.4 is 5.32 Å². The Kier molecular flexibility index (Phi) is 7.12. The minimum Gasteiger partial charge on any atom is -0.481 e. The van der Waals surface area contributed by atoms with Crippen LogP contribution in [0.5, 0.6) is 0 Å². The number of alkyl carbamates (subject to hydrolysis) is 1. The quantitative estimate of drug-likeness (QED) is 0.625. The first-order valence-electron chi connectivity index (χ1n) is 11.9. The number of rotatable bonds is 7. The predicted molar refractivity (Wildman–Crippen MR) is 130 cm³/mol. The standard InChI is InChI=1S/C27H32N2O6/c1-27(2,3)29(14-12-23(30)31)25(32)24-22(13-15-34-24)28-26(33)35-16-21-19-10-6-4-8-17(19)18-9-5-7-11-20(18)21/h4-11,21-22,24H,12-16H2,1-3H3,(H,28,33)(H,30,31)/t22-,24+/m1/s1. The Morgan fingerprint density at radius 3 is 2.23 bits per heavy atom. The van der Waals surface area contributed by atoms with Gasteiger partial charge >= 0.3 is 12.1 Å². The summed E-state index contributed by atoms with van der Waals surface area (Å²) < 4.78 is 11.3. The van der Waals surface area contributed by atoms with Gasteiger partial charge in [0.1, 0.15) is 6.61 Å². The highest BCUT2D eigenvalue weighted by Gasteiger charge is 2.41. The average molecular weight is 481 g/mol. The van der Waals surface area contributed by atoms with E-state index in [1.54, 1.807) is 0 Å². The van der Waals surface area contributed by atoms with Crippen LogP contribution in [-0.2, 0) is 19.1 Å². The monoisotopic (exact) mass is 480 g/mol. The number of ether oxygens (including phenoxy) is 2. The van der Waals surface area contributed by atoms with Gasteiger partial charge in [-0.1, -0.05) is 48.5 Å². The van der Waals surface area contributed by atoms with Crippen molar-refractivity contribution in [2.24, 2.45) is 0 Å². The van der Waals surface area contributed by atoms with E-state index < -0.39 is 29.7 Å². The third kappa shape index (κ3) is 5.32. The van der Waals surface area contributed by atoms with Crippen molar-refractivity contribution in [1.82, 2.24) is 10.2 Å². The molecule has 2 aromatic rings. The van der Waals surface area contributed by atoms with Crippen LogP contribution in [0.1, 0.15) is 50.7 Å². The highest BCUT2D eigenvalue weighted by Crippen LogP contribution is 2.44. The highest BCUT2D eigenvalue weighted by molar-refractivity contribution is 5.84. The molecule has 1 aliphatic heterocycles. The second-order valence-corrected chi connectivity index (χ2v) is 9.96. The molecule has 0 spiro atoms. The van der Waals surface area contributed by atoms with Gasteiger partial charge in [0.2, 0.25) is 0 Å². The molecule has 35 heavy (non-hydrogen) atoms. The van der Waals surface area contributed by atoms with Gasteiger partial charge in [-0.3, -0.25) is 9.59 Å². The zero-order valence-electron chi connectivity index (χ0n) is 20.3. The maximum Gasteiger partial charge on any atom is 0.407 e. The number of fused-ring (bicyclic) bond motifs is 3. The van der Waals surface area contributed by atoms with Crippen molar-refractivity contribution in [3.8, 4) is 11.1 Å². The third-order valence-electron chi connectivity index (χ3n) is 6.61. The molecular weight excluding hydrogens is 448 g/mol. The van der Waals surface area contributed by atoms with Gasteiger partial charge in [0.25, 0.3) is 5.91 Å². The van der Waals surface area contributed by atoms with Crippen molar-refractivity contribution in [2.75, 3.05) is 19.8 Å². The molecule has 4 rings (SSSR count). The van der Waals surface area contributed by atoms with Crippen molar-refractivity contribution < 1.29 is 29.0 Å². The van der Waals surface area contributed by atoms with Crippen LogP contribution in [0.3, 0.4) is 0 Å². The number of hydrogen-bond donors (Lipinski definition) is 2. The van der Waals surface area contributed by atoms with E-state index in [9.17, 15) is 14.4 Å². The second kappa shape index (κ2) is 10.1. The lowest BCUT2D eigenvalue weighted by Crippen LogP contribution is -2.55. The number of aliphatic carboxylic acids is 1. The van der Waals surface area contributed by atoms with Crippen molar-refractivity contribution >= 4 is 18.0 Å². The molecule has 1 heterocycles.